The van der Waals surface area contributed by atoms with Gasteiger partial charge in [-0.3, -0.25) is 0 Å². The number of hydrogen-bond donors (Lipinski definition) is 2. The van der Waals surface area contributed by atoms with E-state index in [0.29, 0.717) is 19.4 Å². The first kappa shape index (κ1) is 16.6. The summed E-state index contributed by atoms with van der Waals surface area (Å²) >= 11 is 5.84. The molecule has 1 heterocycles. The van der Waals surface area contributed by atoms with Crippen LogP contribution in [0.5, 0.6) is 0 Å². The molecule has 1 aromatic rings. The number of nitrogens with one attached hydrogen (secondary N) is 1. The topological polar surface area (TPSA) is 81.4 Å². The van der Waals surface area contributed by atoms with Crippen LogP contribution in [0.2, 0.25) is 5.02 Å². The summed E-state index contributed by atoms with van der Waals surface area (Å²) in [4.78, 5) is -0.463. The van der Waals surface area contributed by atoms with Crippen molar-refractivity contribution in [2.45, 2.75) is 43.4 Å². The summed E-state index contributed by atoms with van der Waals surface area (Å²) in [5.74, 6) is -0.852. The number of benzene rings is 1. The third-order valence-electron chi connectivity index (χ3n) is 3.40. The van der Waals surface area contributed by atoms with Gasteiger partial charge in [0.1, 0.15) is 10.7 Å². The van der Waals surface area contributed by atoms with E-state index in [9.17, 15) is 12.8 Å². The third kappa shape index (κ3) is 3.92. The SMILES string of the molecule is CC1CC(NS(=O)(=O)c2cc(Cl)cc(CN)c2F)CCO1. The number of sulfonamides is 1. The Hall–Kier alpha value is -0.730. The molecule has 0 amide bonds. The summed E-state index contributed by atoms with van der Waals surface area (Å²) in [5.41, 5.74) is 5.48. The van der Waals surface area contributed by atoms with E-state index in [2.05, 4.69) is 4.72 Å². The molecule has 2 unspecified atom stereocenters. The highest BCUT2D eigenvalue weighted by Gasteiger charge is 2.28. The van der Waals surface area contributed by atoms with E-state index in [1.165, 1.54) is 6.07 Å². The van der Waals surface area contributed by atoms with Gasteiger partial charge in [-0.25, -0.2) is 17.5 Å². The Balaban J connectivity index is 2.29. The van der Waals surface area contributed by atoms with Crippen molar-refractivity contribution in [3.8, 4) is 0 Å². The molecule has 2 rings (SSSR count). The molecule has 3 N–H and O–H groups in total. The third-order valence-corrected chi connectivity index (χ3v) is 5.13. The lowest BCUT2D eigenvalue weighted by Gasteiger charge is -2.27. The van der Waals surface area contributed by atoms with Crippen molar-refractivity contribution in [3.05, 3.63) is 28.5 Å². The molecule has 0 spiro atoms. The molecule has 1 aliphatic rings. The van der Waals surface area contributed by atoms with Crippen LogP contribution in [-0.2, 0) is 21.3 Å². The summed E-state index contributed by atoms with van der Waals surface area (Å²) in [6, 6.07) is 2.14. The molecule has 1 saturated heterocycles. The predicted octanol–water partition coefficient (Wildman–Crippen LogP) is 1.78. The van der Waals surface area contributed by atoms with Crippen LogP contribution in [0.3, 0.4) is 0 Å². The highest BCUT2D eigenvalue weighted by Crippen LogP contribution is 2.25. The number of halogens is 2. The number of hydrogen-bond acceptors (Lipinski definition) is 4. The van der Waals surface area contributed by atoms with Crippen LogP contribution >= 0.6 is 11.6 Å². The fourth-order valence-electron chi connectivity index (χ4n) is 2.35. The zero-order valence-corrected chi connectivity index (χ0v) is 13.2. The van der Waals surface area contributed by atoms with Gasteiger partial charge >= 0.3 is 0 Å². The summed E-state index contributed by atoms with van der Waals surface area (Å²) in [6.45, 7) is 2.22. The van der Waals surface area contributed by atoms with Crippen molar-refractivity contribution < 1.29 is 17.5 Å². The molecular weight excluding hydrogens is 319 g/mol. The lowest BCUT2D eigenvalue weighted by Crippen LogP contribution is -2.41. The molecule has 8 heteroatoms. The number of ether oxygens (including phenoxy) is 1. The molecule has 0 radical (unpaired) electrons. The first-order valence-electron chi connectivity index (χ1n) is 6.65. The van der Waals surface area contributed by atoms with E-state index in [4.69, 9.17) is 22.1 Å². The molecule has 0 aliphatic carbocycles. The second-order valence-electron chi connectivity index (χ2n) is 5.11. The average Bonchev–Trinajstić information content (AvgIpc) is 2.40. The normalized spacial score (nSPS) is 23.2. The predicted molar refractivity (Wildman–Crippen MR) is 78.1 cm³/mol. The van der Waals surface area contributed by atoms with Gasteiger partial charge < -0.3 is 10.5 Å². The Morgan fingerprint density at radius 1 is 1.52 bits per heavy atom. The van der Waals surface area contributed by atoms with Crippen molar-refractivity contribution >= 4 is 21.6 Å². The maximum Gasteiger partial charge on any atom is 0.243 e. The first-order chi connectivity index (χ1) is 9.83. The second kappa shape index (κ2) is 6.58. The molecule has 0 aromatic heterocycles. The fourth-order valence-corrected chi connectivity index (χ4v) is 4.08. The van der Waals surface area contributed by atoms with E-state index in [1.807, 2.05) is 6.92 Å². The Kier molecular flexibility index (Phi) is 5.21. The zero-order valence-electron chi connectivity index (χ0n) is 11.6. The van der Waals surface area contributed by atoms with Gasteiger partial charge in [0.05, 0.1) is 6.10 Å². The maximum atomic E-state index is 14.2. The molecule has 1 fully saturated rings. The standard InChI is InChI=1S/C13H18ClFN2O3S/c1-8-4-11(2-3-20-8)17-21(18,19)12-6-10(14)5-9(7-16)13(12)15/h5-6,8,11,17H,2-4,7,16H2,1H3. The summed E-state index contributed by atoms with van der Waals surface area (Å²) < 4.78 is 46.8. The van der Waals surface area contributed by atoms with Crippen LogP contribution in [0.1, 0.15) is 25.3 Å². The molecule has 1 aliphatic heterocycles. The van der Waals surface area contributed by atoms with Crippen molar-refractivity contribution in [2.24, 2.45) is 5.73 Å². The number of nitrogens with two attached hydrogens (primary N) is 1. The van der Waals surface area contributed by atoms with Gasteiger partial charge in [0, 0.05) is 29.8 Å². The van der Waals surface area contributed by atoms with Crippen molar-refractivity contribution in [3.63, 3.8) is 0 Å². The van der Waals surface area contributed by atoms with Crippen LogP contribution in [0, 0.1) is 5.82 Å². The van der Waals surface area contributed by atoms with E-state index < -0.39 is 20.7 Å². The molecule has 0 saturated carbocycles. The van der Waals surface area contributed by atoms with Gasteiger partial charge in [0.15, 0.2) is 0 Å². The van der Waals surface area contributed by atoms with Crippen LogP contribution in [0.15, 0.2) is 17.0 Å². The summed E-state index contributed by atoms with van der Waals surface area (Å²) in [7, 11) is -3.99. The fraction of sp³-hybridized carbons (Fsp3) is 0.538. The van der Waals surface area contributed by atoms with E-state index in [-0.39, 0.29) is 29.3 Å². The van der Waals surface area contributed by atoms with Gasteiger partial charge in [0.2, 0.25) is 10.0 Å². The molecule has 1 aromatic carbocycles. The van der Waals surface area contributed by atoms with Crippen LogP contribution < -0.4 is 10.5 Å². The molecule has 0 bridgehead atoms. The smallest absolute Gasteiger partial charge is 0.243 e. The minimum atomic E-state index is -3.99. The highest BCUT2D eigenvalue weighted by molar-refractivity contribution is 7.89. The quantitative estimate of drug-likeness (QED) is 0.878. The largest absolute Gasteiger partial charge is 0.378 e. The van der Waals surface area contributed by atoms with Gasteiger partial charge in [-0.2, -0.15) is 0 Å². The van der Waals surface area contributed by atoms with Gasteiger partial charge in [0.25, 0.3) is 0 Å². The second-order valence-corrected chi connectivity index (χ2v) is 7.22. The minimum absolute atomic E-state index is 0.0322. The van der Waals surface area contributed by atoms with E-state index >= 15 is 0 Å². The minimum Gasteiger partial charge on any atom is -0.378 e. The Labute approximate surface area is 128 Å². The molecule has 21 heavy (non-hydrogen) atoms. The zero-order chi connectivity index (χ0) is 15.6. The Bertz CT molecular complexity index is 624. The molecular formula is C13H18ClFN2O3S. The summed E-state index contributed by atoms with van der Waals surface area (Å²) in [5, 5.41) is 0.137. The highest BCUT2D eigenvalue weighted by atomic mass is 35.5. The van der Waals surface area contributed by atoms with Crippen LogP contribution in [-0.4, -0.2) is 27.2 Å². The van der Waals surface area contributed by atoms with E-state index in [0.717, 1.165) is 6.07 Å². The lowest BCUT2D eigenvalue weighted by molar-refractivity contribution is 0.0173. The molecule has 2 atom stereocenters. The van der Waals surface area contributed by atoms with Crippen molar-refractivity contribution in [1.29, 1.82) is 0 Å². The van der Waals surface area contributed by atoms with Crippen LogP contribution in [0.4, 0.5) is 4.39 Å². The van der Waals surface area contributed by atoms with Crippen LogP contribution in [0.25, 0.3) is 0 Å². The summed E-state index contributed by atoms with van der Waals surface area (Å²) in [6.07, 6.45) is 1.07. The first-order valence-corrected chi connectivity index (χ1v) is 8.51. The van der Waals surface area contributed by atoms with Crippen molar-refractivity contribution in [1.82, 2.24) is 4.72 Å². The van der Waals surface area contributed by atoms with Gasteiger partial charge in [-0.15, -0.1) is 0 Å². The van der Waals surface area contributed by atoms with E-state index in [1.54, 1.807) is 0 Å². The Morgan fingerprint density at radius 3 is 2.86 bits per heavy atom. The Morgan fingerprint density at radius 2 is 2.24 bits per heavy atom. The lowest BCUT2D eigenvalue weighted by atomic mass is 10.1. The van der Waals surface area contributed by atoms with Gasteiger partial charge in [-0.05, 0) is 31.9 Å². The molecule has 118 valence electrons. The molecule has 5 nitrogen and oxygen atoms in total. The average molecular weight is 337 g/mol. The maximum absolute atomic E-state index is 14.2. The van der Waals surface area contributed by atoms with Gasteiger partial charge in [-0.1, -0.05) is 11.6 Å². The van der Waals surface area contributed by atoms with Crippen molar-refractivity contribution in [2.75, 3.05) is 6.61 Å². The monoisotopic (exact) mass is 336 g/mol. The number of rotatable bonds is 4.